The topological polar surface area (TPSA) is 15.3 Å². The number of nitrogens with one attached hydrogen (secondary N) is 1. The lowest BCUT2D eigenvalue weighted by atomic mass is 10.0. The highest BCUT2D eigenvalue weighted by molar-refractivity contribution is 4.81. The van der Waals surface area contributed by atoms with Gasteiger partial charge in [0.15, 0.2) is 0 Å². The smallest absolute Gasteiger partial charge is 0.315 e. The number of hydrogen-bond donors (Lipinski definition) is 1. The molecule has 0 aromatic heterocycles. The van der Waals surface area contributed by atoms with Crippen LogP contribution in [0.15, 0.2) is 0 Å². The largest absolute Gasteiger partial charge is 0.460 e. The molecule has 1 heterocycles. The monoisotopic (exact) mass is 210 g/mol. The molecule has 0 unspecified atom stereocenters. The Bertz CT molecular complexity index is 173. The zero-order valence-corrected chi connectivity index (χ0v) is 8.56. The average Bonchev–Trinajstić information content (AvgIpc) is 2.02. The second-order valence-corrected chi connectivity index (χ2v) is 3.97. The van der Waals surface area contributed by atoms with E-state index >= 15 is 0 Å². The van der Waals surface area contributed by atoms with Gasteiger partial charge in [-0.25, -0.2) is 4.90 Å². The van der Waals surface area contributed by atoms with Crippen molar-refractivity contribution in [2.24, 2.45) is 0 Å². The summed E-state index contributed by atoms with van der Waals surface area (Å²) in [5.74, 6) is 0. The minimum Gasteiger partial charge on any atom is -0.315 e. The molecule has 0 spiro atoms. The van der Waals surface area contributed by atoms with Crippen molar-refractivity contribution in [2.45, 2.75) is 45.1 Å². The normalized spacial score (nSPS) is 24.6. The third-order valence-corrected chi connectivity index (χ3v) is 2.51. The minimum absolute atomic E-state index is 0.399. The second kappa shape index (κ2) is 4.49. The van der Waals surface area contributed by atoms with Gasteiger partial charge < -0.3 is 5.32 Å². The van der Waals surface area contributed by atoms with Gasteiger partial charge in [-0.1, -0.05) is 0 Å². The van der Waals surface area contributed by atoms with E-state index in [-0.39, 0.29) is 0 Å². The van der Waals surface area contributed by atoms with Crippen LogP contribution in [0.2, 0.25) is 0 Å². The molecule has 0 aromatic rings. The number of alkyl halides is 3. The van der Waals surface area contributed by atoms with Gasteiger partial charge in [0, 0.05) is 18.6 Å². The summed E-state index contributed by atoms with van der Waals surface area (Å²) in [6, 6.07) is -0.886. The Morgan fingerprint density at radius 1 is 1.36 bits per heavy atom. The van der Waals surface area contributed by atoms with Crippen molar-refractivity contribution in [3.8, 4) is 0 Å². The lowest BCUT2D eigenvalue weighted by Crippen LogP contribution is -2.55. The van der Waals surface area contributed by atoms with Crippen LogP contribution in [0, 0.1) is 0 Å². The number of halogens is 3. The molecule has 1 aliphatic rings. The van der Waals surface area contributed by atoms with Crippen molar-refractivity contribution in [3.05, 3.63) is 0 Å². The van der Waals surface area contributed by atoms with Crippen molar-refractivity contribution < 1.29 is 13.2 Å². The molecule has 0 saturated carbocycles. The molecule has 0 radical (unpaired) electrons. The fourth-order valence-electron chi connectivity index (χ4n) is 1.99. The number of piperidine rings is 1. The predicted molar refractivity (Wildman–Crippen MR) is 48.9 cm³/mol. The van der Waals surface area contributed by atoms with E-state index in [0.717, 1.165) is 13.0 Å². The van der Waals surface area contributed by atoms with Gasteiger partial charge in [-0.2, -0.15) is 13.2 Å². The molecule has 1 N–H and O–H groups in total. The summed E-state index contributed by atoms with van der Waals surface area (Å²) in [6.07, 6.45) is -2.76. The van der Waals surface area contributed by atoms with Crippen LogP contribution in [-0.4, -0.2) is 36.4 Å². The lowest BCUT2D eigenvalue weighted by molar-refractivity contribution is -0.269. The molecular weight excluding hydrogens is 193 g/mol. The highest BCUT2D eigenvalue weighted by atomic mass is 19.4. The molecule has 1 atom stereocenters. The van der Waals surface area contributed by atoms with Crippen LogP contribution in [0.25, 0.3) is 0 Å². The summed E-state index contributed by atoms with van der Waals surface area (Å²) >= 11 is 0. The van der Waals surface area contributed by atoms with Crippen molar-refractivity contribution in [1.29, 1.82) is 0 Å². The molecule has 1 rings (SSSR count). The maximum Gasteiger partial charge on any atom is 0.460 e. The Morgan fingerprint density at radius 2 is 2.00 bits per heavy atom. The van der Waals surface area contributed by atoms with Gasteiger partial charge in [0.05, 0.1) is 0 Å². The molecule has 5 heteroatoms. The fraction of sp³-hybridized carbons (Fsp3) is 1.00. The summed E-state index contributed by atoms with van der Waals surface area (Å²) in [5, 5.41) is 3.00. The highest BCUT2D eigenvalue weighted by Gasteiger charge is 2.43. The van der Waals surface area contributed by atoms with Crippen LogP contribution in [0.5, 0.6) is 0 Å². The van der Waals surface area contributed by atoms with Crippen LogP contribution in [-0.2, 0) is 0 Å². The van der Waals surface area contributed by atoms with Crippen molar-refractivity contribution in [1.82, 2.24) is 10.2 Å². The molecular formula is C9H17F3N2. The predicted octanol–water partition coefficient (Wildman–Crippen LogP) is 1.97. The van der Waals surface area contributed by atoms with Crippen LogP contribution in [0.4, 0.5) is 13.2 Å². The summed E-state index contributed by atoms with van der Waals surface area (Å²) in [4.78, 5) is 0.652. The van der Waals surface area contributed by atoms with Crippen LogP contribution in [0.1, 0.15) is 26.7 Å². The van der Waals surface area contributed by atoms with E-state index in [0.29, 0.717) is 17.9 Å². The van der Waals surface area contributed by atoms with Gasteiger partial charge in [-0.05, 0) is 33.2 Å². The van der Waals surface area contributed by atoms with Crippen LogP contribution < -0.4 is 5.32 Å². The molecule has 84 valence electrons. The van der Waals surface area contributed by atoms with E-state index in [1.165, 1.54) is 0 Å². The van der Waals surface area contributed by atoms with Gasteiger partial charge >= 0.3 is 6.30 Å². The molecule has 2 nitrogen and oxygen atoms in total. The maximum absolute atomic E-state index is 12.7. The van der Waals surface area contributed by atoms with Gasteiger partial charge in [-0.15, -0.1) is 0 Å². The van der Waals surface area contributed by atoms with Crippen molar-refractivity contribution >= 4 is 0 Å². The van der Waals surface area contributed by atoms with E-state index in [4.69, 9.17) is 0 Å². The number of nitrogens with zero attached hydrogens (tertiary/aromatic N) is 1. The average molecular weight is 210 g/mol. The number of rotatable bonds is 2. The molecule has 0 bridgehead atoms. The number of hydrogen-bond acceptors (Lipinski definition) is 2. The third kappa shape index (κ3) is 2.85. The van der Waals surface area contributed by atoms with Crippen molar-refractivity contribution in [3.63, 3.8) is 0 Å². The van der Waals surface area contributed by atoms with E-state index in [1.807, 2.05) is 0 Å². The van der Waals surface area contributed by atoms with Gasteiger partial charge in [-0.3, -0.25) is 0 Å². The summed E-state index contributed by atoms with van der Waals surface area (Å²) < 4.78 is 38.0. The molecule has 1 aliphatic heterocycles. The second-order valence-electron chi connectivity index (χ2n) is 3.97. The molecule has 0 aromatic carbocycles. The highest BCUT2D eigenvalue weighted by Crippen LogP contribution is 2.28. The Kier molecular flexibility index (Phi) is 3.78. The first kappa shape index (κ1) is 11.8. The van der Waals surface area contributed by atoms with Crippen molar-refractivity contribution in [2.75, 3.05) is 13.1 Å². The third-order valence-electron chi connectivity index (χ3n) is 2.51. The maximum atomic E-state index is 12.7. The van der Waals surface area contributed by atoms with E-state index < -0.39 is 18.4 Å². The molecule has 0 amide bonds. The summed E-state index contributed by atoms with van der Waals surface area (Å²) in [5.41, 5.74) is 0. The van der Waals surface area contributed by atoms with Gasteiger partial charge in [0.25, 0.3) is 0 Å². The van der Waals surface area contributed by atoms with E-state index in [2.05, 4.69) is 5.32 Å². The first-order chi connectivity index (χ1) is 6.43. The van der Waals surface area contributed by atoms with Gasteiger partial charge in [0.1, 0.15) is 0 Å². The summed E-state index contributed by atoms with van der Waals surface area (Å²) in [7, 11) is 0. The Balaban J connectivity index is 2.66. The SMILES string of the molecule is CC(C)N([C@H]1CCCNC1)C(F)(F)F. The van der Waals surface area contributed by atoms with Crippen LogP contribution >= 0.6 is 0 Å². The molecule has 14 heavy (non-hydrogen) atoms. The Hall–Kier alpha value is -0.290. The van der Waals surface area contributed by atoms with E-state index in [9.17, 15) is 13.2 Å². The Labute approximate surface area is 82.5 Å². The first-order valence-corrected chi connectivity index (χ1v) is 4.99. The first-order valence-electron chi connectivity index (χ1n) is 4.99. The zero-order chi connectivity index (χ0) is 10.8. The summed E-state index contributed by atoms with van der Waals surface area (Å²) in [6.45, 7) is 4.45. The zero-order valence-electron chi connectivity index (χ0n) is 8.56. The van der Waals surface area contributed by atoms with E-state index in [1.54, 1.807) is 13.8 Å². The minimum atomic E-state index is -4.21. The van der Waals surface area contributed by atoms with Gasteiger partial charge in [0.2, 0.25) is 0 Å². The standard InChI is InChI=1S/C9H17F3N2/c1-7(2)14(9(10,11)12)8-4-3-5-13-6-8/h7-8,13H,3-6H2,1-2H3/t8-/m0/s1. The quantitative estimate of drug-likeness (QED) is 0.701. The van der Waals surface area contributed by atoms with Crippen LogP contribution in [0.3, 0.4) is 0 Å². The Morgan fingerprint density at radius 3 is 2.36 bits per heavy atom. The lowest BCUT2D eigenvalue weighted by Gasteiger charge is -2.38. The molecule has 1 saturated heterocycles. The molecule has 0 aliphatic carbocycles. The fourth-order valence-corrected chi connectivity index (χ4v) is 1.99. The molecule has 1 fully saturated rings.